The molecule has 1 heterocycles. The lowest BCUT2D eigenvalue weighted by Crippen LogP contribution is -2.53. The number of alkyl halides is 1. The summed E-state index contributed by atoms with van der Waals surface area (Å²) in [6.45, 7) is 4.26. The minimum absolute atomic E-state index is 0.283. The molecule has 0 saturated carbocycles. The number of piperidine rings is 1. The molecule has 1 fully saturated rings. The molecule has 0 amide bonds. The zero-order chi connectivity index (χ0) is 15.1. The van der Waals surface area contributed by atoms with Gasteiger partial charge in [-0.05, 0) is 12.0 Å². The van der Waals surface area contributed by atoms with Crippen molar-refractivity contribution in [1.82, 2.24) is 4.90 Å². The number of ether oxygens (including phenoxy) is 1. The second kappa shape index (κ2) is 8.47. The van der Waals surface area contributed by atoms with Crippen LogP contribution in [-0.2, 0) is 11.3 Å². The van der Waals surface area contributed by atoms with E-state index in [4.69, 9.17) is 4.74 Å². The number of nitrogens with zero attached hydrogens (tertiary/aromatic N) is 1. The first-order chi connectivity index (χ1) is 10.2. The lowest BCUT2D eigenvalue weighted by Gasteiger charge is -2.40. The fourth-order valence-electron chi connectivity index (χ4n) is 2.82. The molecular formula is C17H26FNO2. The van der Waals surface area contributed by atoms with Gasteiger partial charge in [0.15, 0.2) is 0 Å². The number of likely N-dealkylation sites (tertiary alicyclic amines) is 1. The van der Waals surface area contributed by atoms with Crippen LogP contribution in [0, 0.1) is 5.92 Å². The van der Waals surface area contributed by atoms with Crippen LogP contribution < -0.4 is 0 Å². The Balaban J connectivity index is 1.95. The Labute approximate surface area is 126 Å². The van der Waals surface area contributed by atoms with Crippen molar-refractivity contribution >= 4 is 0 Å². The van der Waals surface area contributed by atoms with Gasteiger partial charge in [0.05, 0.1) is 18.9 Å². The molecule has 4 heteroatoms. The second-order valence-electron chi connectivity index (χ2n) is 5.85. The summed E-state index contributed by atoms with van der Waals surface area (Å²) in [6.07, 6.45) is 1.05. The maximum absolute atomic E-state index is 13.2. The van der Waals surface area contributed by atoms with Crippen LogP contribution in [-0.4, -0.2) is 48.6 Å². The van der Waals surface area contributed by atoms with E-state index in [0.29, 0.717) is 19.7 Å². The number of aliphatic hydroxyl groups excluding tert-OH is 1. The molecule has 0 unspecified atom stereocenters. The first-order valence-corrected chi connectivity index (χ1v) is 7.86. The standard InChI is InChI=1S/C17H26FNO2/c1-2-3-9-21-16-13-19(12-15(10-18)17(16)20)11-14-7-5-4-6-8-14/h4-8,15-17,20H,2-3,9-13H2,1H3/t15-,16+,17+/m0/s1. The van der Waals surface area contributed by atoms with Crippen LogP contribution in [0.15, 0.2) is 30.3 Å². The van der Waals surface area contributed by atoms with E-state index >= 15 is 0 Å². The molecule has 1 aliphatic heterocycles. The summed E-state index contributed by atoms with van der Waals surface area (Å²) in [7, 11) is 0. The van der Waals surface area contributed by atoms with Crippen LogP contribution in [0.1, 0.15) is 25.3 Å². The molecule has 1 N–H and O–H groups in total. The van der Waals surface area contributed by atoms with Crippen molar-refractivity contribution in [2.24, 2.45) is 5.92 Å². The quantitative estimate of drug-likeness (QED) is 0.785. The highest BCUT2D eigenvalue weighted by Crippen LogP contribution is 2.22. The maximum Gasteiger partial charge on any atom is 0.0964 e. The Kier molecular flexibility index (Phi) is 6.61. The Morgan fingerprint density at radius 1 is 1.29 bits per heavy atom. The van der Waals surface area contributed by atoms with Crippen LogP contribution >= 0.6 is 0 Å². The first kappa shape index (κ1) is 16.4. The minimum Gasteiger partial charge on any atom is -0.390 e. The molecule has 3 nitrogen and oxygen atoms in total. The molecule has 0 spiro atoms. The predicted molar refractivity (Wildman–Crippen MR) is 81.8 cm³/mol. The van der Waals surface area contributed by atoms with Crippen LogP contribution in [0.25, 0.3) is 0 Å². The van der Waals surface area contributed by atoms with Gasteiger partial charge in [0.2, 0.25) is 0 Å². The highest BCUT2D eigenvalue weighted by Gasteiger charge is 2.36. The van der Waals surface area contributed by atoms with Gasteiger partial charge in [-0.2, -0.15) is 0 Å². The van der Waals surface area contributed by atoms with E-state index in [9.17, 15) is 9.50 Å². The lowest BCUT2D eigenvalue weighted by molar-refractivity contribution is -0.112. The van der Waals surface area contributed by atoms with Gasteiger partial charge >= 0.3 is 0 Å². The van der Waals surface area contributed by atoms with Gasteiger partial charge < -0.3 is 9.84 Å². The Morgan fingerprint density at radius 2 is 2.05 bits per heavy atom. The summed E-state index contributed by atoms with van der Waals surface area (Å²) >= 11 is 0. The van der Waals surface area contributed by atoms with Crippen molar-refractivity contribution in [3.8, 4) is 0 Å². The van der Waals surface area contributed by atoms with Crippen LogP contribution in [0.2, 0.25) is 0 Å². The highest BCUT2D eigenvalue weighted by molar-refractivity contribution is 5.14. The van der Waals surface area contributed by atoms with Gasteiger partial charge in [-0.25, -0.2) is 0 Å². The van der Waals surface area contributed by atoms with Crippen LogP contribution in [0.3, 0.4) is 0 Å². The SMILES string of the molecule is CCCCO[C@@H]1CN(Cc2ccccc2)C[C@H](CF)[C@H]1O. The minimum atomic E-state index is -0.695. The molecule has 0 aromatic heterocycles. The summed E-state index contributed by atoms with van der Waals surface area (Å²) in [6, 6.07) is 10.2. The fourth-order valence-corrected chi connectivity index (χ4v) is 2.82. The average molecular weight is 295 g/mol. The third kappa shape index (κ3) is 4.77. The molecule has 1 saturated heterocycles. The zero-order valence-corrected chi connectivity index (χ0v) is 12.7. The second-order valence-corrected chi connectivity index (χ2v) is 5.85. The monoisotopic (exact) mass is 295 g/mol. The lowest BCUT2D eigenvalue weighted by atomic mass is 9.93. The predicted octanol–water partition coefficient (Wildman–Crippen LogP) is 2.63. The van der Waals surface area contributed by atoms with Crippen molar-refractivity contribution < 1.29 is 14.2 Å². The third-order valence-electron chi connectivity index (χ3n) is 4.07. The fraction of sp³-hybridized carbons (Fsp3) is 0.647. The molecular weight excluding hydrogens is 269 g/mol. The van der Waals surface area contributed by atoms with Gasteiger partial charge in [-0.3, -0.25) is 9.29 Å². The Bertz CT molecular complexity index is 401. The average Bonchev–Trinajstić information content (AvgIpc) is 2.51. The number of hydrogen-bond donors (Lipinski definition) is 1. The molecule has 1 aromatic carbocycles. The van der Waals surface area contributed by atoms with E-state index < -0.39 is 12.8 Å². The Hall–Kier alpha value is -0.970. The number of halogens is 1. The molecule has 118 valence electrons. The summed E-state index contributed by atoms with van der Waals surface area (Å²) in [5.74, 6) is -0.353. The smallest absolute Gasteiger partial charge is 0.0964 e. The van der Waals surface area contributed by atoms with Gasteiger partial charge in [0, 0.05) is 32.2 Å². The van der Waals surface area contributed by atoms with Crippen LogP contribution in [0.4, 0.5) is 4.39 Å². The Morgan fingerprint density at radius 3 is 2.71 bits per heavy atom. The van der Waals surface area contributed by atoms with E-state index in [1.807, 2.05) is 18.2 Å². The topological polar surface area (TPSA) is 32.7 Å². The summed E-state index contributed by atoms with van der Waals surface area (Å²) in [5, 5.41) is 10.2. The van der Waals surface area contributed by atoms with Gasteiger partial charge in [0.1, 0.15) is 0 Å². The molecule has 1 aromatic rings. The van der Waals surface area contributed by atoms with E-state index in [0.717, 1.165) is 19.4 Å². The van der Waals surface area contributed by atoms with Gasteiger partial charge in [-0.15, -0.1) is 0 Å². The molecule has 0 bridgehead atoms. The molecule has 3 atom stereocenters. The summed E-state index contributed by atoms with van der Waals surface area (Å²) in [5.41, 5.74) is 1.21. The highest BCUT2D eigenvalue weighted by atomic mass is 19.1. The third-order valence-corrected chi connectivity index (χ3v) is 4.07. The first-order valence-electron chi connectivity index (χ1n) is 7.86. The number of rotatable bonds is 7. The van der Waals surface area contributed by atoms with Gasteiger partial charge in [0.25, 0.3) is 0 Å². The van der Waals surface area contributed by atoms with Crippen molar-refractivity contribution in [3.63, 3.8) is 0 Å². The molecule has 21 heavy (non-hydrogen) atoms. The van der Waals surface area contributed by atoms with Crippen molar-refractivity contribution in [2.75, 3.05) is 26.4 Å². The van der Waals surface area contributed by atoms with E-state index in [1.54, 1.807) is 0 Å². The normalized spacial score (nSPS) is 26.9. The largest absolute Gasteiger partial charge is 0.390 e. The molecule has 0 radical (unpaired) electrons. The summed E-state index contributed by atoms with van der Waals surface area (Å²) < 4.78 is 18.9. The zero-order valence-electron chi connectivity index (χ0n) is 12.7. The van der Waals surface area contributed by atoms with Gasteiger partial charge in [-0.1, -0.05) is 43.7 Å². The van der Waals surface area contributed by atoms with Crippen LogP contribution in [0.5, 0.6) is 0 Å². The number of hydrogen-bond acceptors (Lipinski definition) is 3. The van der Waals surface area contributed by atoms with Crippen molar-refractivity contribution in [2.45, 2.75) is 38.5 Å². The molecule has 2 rings (SSSR count). The number of benzene rings is 1. The van der Waals surface area contributed by atoms with Crippen molar-refractivity contribution in [1.29, 1.82) is 0 Å². The molecule has 0 aliphatic carbocycles. The molecule has 1 aliphatic rings. The van der Waals surface area contributed by atoms with E-state index in [-0.39, 0.29) is 12.0 Å². The van der Waals surface area contributed by atoms with Crippen molar-refractivity contribution in [3.05, 3.63) is 35.9 Å². The maximum atomic E-state index is 13.2. The van der Waals surface area contributed by atoms with E-state index in [1.165, 1.54) is 5.56 Å². The van der Waals surface area contributed by atoms with E-state index in [2.05, 4.69) is 24.0 Å². The number of unbranched alkanes of at least 4 members (excludes halogenated alkanes) is 1. The summed E-state index contributed by atoms with van der Waals surface area (Å²) in [4.78, 5) is 2.18. The number of aliphatic hydroxyl groups is 1.